The van der Waals surface area contributed by atoms with Crippen LogP contribution in [-0.4, -0.2) is 63.0 Å². The van der Waals surface area contributed by atoms with Gasteiger partial charge in [-0.2, -0.15) is 0 Å². The number of thioether (sulfide) groups is 1. The number of phenols is 1. The van der Waals surface area contributed by atoms with Gasteiger partial charge in [-0.15, -0.1) is 11.8 Å². The zero-order valence-electron chi connectivity index (χ0n) is 20.9. The second-order valence-electron chi connectivity index (χ2n) is 8.33. The number of aliphatic carboxylic acids is 2. The third-order valence-electron chi connectivity index (χ3n) is 5.41. The van der Waals surface area contributed by atoms with Crippen molar-refractivity contribution in [2.45, 2.75) is 51.2 Å². The number of hydrogen-bond donors (Lipinski definition) is 3. The van der Waals surface area contributed by atoms with E-state index in [1.165, 1.54) is 6.92 Å². The summed E-state index contributed by atoms with van der Waals surface area (Å²) in [5, 5.41) is 27.2. The molecule has 0 spiro atoms. The molecule has 0 saturated carbocycles. The molecule has 10 heteroatoms. The van der Waals surface area contributed by atoms with Crippen LogP contribution in [0.4, 0.5) is 0 Å². The van der Waals surface area contributed by atoms with Gasteiger partial charge >= 0.3 is 11.9 Å². The number of rotatable bonds is 17. The van der Waals surface area contributed by atoms with Crippen LogP contribution in [0.5, 0.6) is 17.2 Å². The van der Waals surface area contributed by atoms with Crippen LogP contribution in [-0.2, 0) is 16.0 Å². The van der Waals surface area contributed by atoms with Crippen molar-refractivity contribution in [3.05, 3.63) is 53.1 Å². The Hall–Kier alpha value is -3.53. The fourth-order valence-electron chi connectivity index (χ4n) is 3.52. The Morgan fingerprint density at radius 2 is 1.59 bits per heavy atom. The Labute approximate surface area is 219 Å². The van der Waals surface area contributed by atoms with E-state index in [1.807, 2.05) is 6.92 Å². The maximum atomic E-state index is 12.4. The first kappa shape index (κ1) is 29.7. The van der Waals surface area contributed by atoms with E-state index in [4.69, 9.17) is 14.6 Å². The molecule has 2 aromatic carbocycles. The number of aromatic hydroxyl groups is 1. The Bertz CT molecular complexity index is 1100. The Balaban J connectivity index is 1.79. The summed E-state index contributed by atoms with van der Waals surface area (Å²) in [7, 11) is 0. The Morgan fingerprint density at radius 1 is 0.946 bits per heavy atom. The number of ketones is 2. The minimum Gasteiger partial charge on any atom is -0.507 e. The van der Waals surface area contributed by atoms with E-state index in [2.05, 4.69) is 0 Å². The number of carboxylic acids is 2. The largest absolute Gasteiger partial charge is 0.507 e. The molecule has 0 unspecified atom stereocenters. The van der Waals surface area contributed by atoms with E-state index >= 15 is 0 Å². The summed E-state index contributed by atoms with van der Waals surface area (Å²) in [6.07, 6.45) is 2.49. The average molecular weight is 533 g/mol. The molecule has 37 heavy (non-hydrogen) atoms. The SMILES string of the molecule is CCCc1c(OCCCCOc2ccc(C(=O)C[C@@H](SCC(=O)O)C(=O)O)cc2)ccc(C(C)=O)c1O. The lowest BCUT2D eigenvalue weighted by Gasteiger charge is -2.14. The van der Waals surface area contributed by atoms with Crippen molar-refractivity contribution < 1.29 is 44.0 Å². The molecule has 2 rings (SSSR count). The molecular weight excluding hydrogens is 500 g/mol. The molecule has 2 aromatic rings. The Morgan fingerprint density at radius 3 is 2.16 bits per heavy atom. The smallest absolute Gasteiger partial charge is 0.317 e. The number of Topliss-reactive ketones (excluding diaryl/α,β-unsaturated/α-hetero) is 2. The third kappa shape index (κ3) is 9.45. The molecule has 0 heterocycles. The van der Waals surface area contributed by atoms with Gasteiger partial charge in [-0.25, -0.2) is 0 Å². The molecule has 0 saturated heterocycles. The van der Waals surface area contributed by atoms with Crippen LogP contribution in [0.25, 0.3) is 0 Å². The van der Waals surface area contributed by atoms with E-state index in [1.54, 1.807) is 36.4 Å². The van der Waals surface area contributed by atoms with Crippen LogP contribution < -0.4 is 9.47 Å². The quantitative estimate of drug-likeness (QED) is 0.195. The van der Waals surface area contributed by atoms with Crippen molar-refractivity contribution >= 4 is 35.3 Å². The van der Waals surface area contributed by atoms with E-state index in [-0.39, 0.29) is 29.3 Å². The fraction of sp³-hybridized carbons (Fsp3) is 0.407. The highest BCUT2D eigenvalue weighted by atomic mass is 32.2. The summed E-state index contributed by atoms with van der Waals surface area (Å²) < 4.78 is 11.5. The molecular formula is C27H32O9S. The number of carbonyl (C=O) groups excluding carboxylic acids is 2. The van der Waals surface area contributed by atoms with Crippen LogP contribution in [0.3, 0.4) is 0 Å². The van der Waals surface area contributed by atoms with Gasteiger partial charge in [-0.05, 0) is 62.6 Å². The van der Waals surface area contributed by atoms with Gasteiger partial charge in [0.2, 0.25) is 0 Å². The van der Waals surface area contributed by atoms with Crippen molar-refractivity contribution in [3.63, 3.8) is 0 Å². The molecule has 0 aromatic heterocycles. The van der Waals surface area contributed by atoms with Gasteiger partial charge in [0.15, 0.2) is 11.6 Å². The predicted molar refractivity (Wildman–Crippen MR) is 139 cm³/mol. The lowest BCUT2D eigenvalue weighted by atomic mass is 10.0. The number of carbonyl (C=O) groups is 4. The molecule has 0 amide bonds. The zero-order chi connectivity index (χ0) is 27.4. The van der Waals surface area contributed by atoms with Crippen LogP contribution in [0.15, 0.2) is 36.4 Å². The molecule has 1 atom stereocenters. The molecule has 3 N–H and O–H groups in total. The van der Waals surface area contributed by atoms with Gasteiger partial charge < -0.3 is 24.8 Å². The normalized spacial score (nSPS) is 11.5. The number of phenolic OH excluding ortho intramolecular Hbond substituents is 1. The van der Waals surface area contributed by atoms with Crippen LogP contribution in [0.1, 0.15) is 65.8 Å². The van der Waals surface area contributed by atoms with Crippen LogP contribution in [0.2, 0.25) is 0 Å². The lowest BCUT2D eigenvalue weighted by molar-refractivity contribution is -0.136. The molecule has 9 nitrogen and oxygen atoms in total. The number of hydrogen-bond acceptors (Lipinski definition) is 8. The fourth-order valence-corrected chi connectivity index (χ4v) is 4.27. The molecule has 0 bridgehead atoms. The highest BCUT2D eigenvalue weighted by molar-refractivity contribution is 8.01. The summed E-state index contributed by atoms with van der Waals surface area (Å²) >= 11 is 0.705. The average Bonchev–Trinajstić information content (AvgIpc) is 2.85. The molecule has 0 aliphatic carbocycles. The summed E-state index contributed by atoms with van der Waals surface area (Å²) in [5.41, 5.74) is 1.25. The lowest BCUT2D eigenvalue weighted by Crippen LogP contribution is -2.22. The van der Waals surface area contributed by atoms with Crippen molar-refractivity contribution in [1.29, 1.82) is 0 Å². The van der Waals surface area contributed by atoms with Crippen molar-refractivity contribution in [3.8, 4) is 17.2 Å². The van der Waals surface area contributed by atoms with E-state index in [9.17, 15) is 29.4 Å². The van der Waals surface area contributed by atoms with E-state index in [0.717, 1.165) is 6.42 Å². The monoisotopic (exact) mass is 532 g/mol. The minimum atomic E-state index is -1.23. The van der Waals surface area contributed by atoms with E-state index < -0.39 is 22.9 Å². The maximum absolute atomic E-state index is 12.4. The first-order chi connectivity index (χ1) is 17.6. The summed E-state index contributed by atoms with van der Waals surface area (Å²) in [6.45, 7) is 4.23. The van der Waals surface area contributed by atoms with Gasteiger partial charge in [0.05, 0.1) is 24.5 Å². The zero-order valence-corrected chi connectivity index (χ0v) is 21.7. The molecule has 0 aliphatic heterocycles. The van der Waals surface area contributed by atoms with Gasteiger partial charge in [0.25, 0.3) is 0 Å². The second-order valence-corrected chi connectivity index (χ2v) is 9.52. The summed E-state index contributed by atoms with van der Waals surface area (Å²) in [4.78, 5) is 46.0. The number of benzene rings is 2. The van der Waals surface area contributed by atoms with Gasteiger partial charge in [-0.1, -0.05) is 13.3 Å². The first-order valence-corrected chi connectivity index (χ1v) is 13.0. The van der Waals surface area contributed by atoms with E-state index in [0.29, 0.717) is 66.9 Å². The van der Waals surface area contributed by atoms with Crippen molar-refractivity contribution in [2.75, 3.05) is 19.0 Å². The molecule has 0 radical (unpaired) electrons. The molecule has 200 valence electrons. The Kier molecular flexibility index (Phi) is 12.0. The highest BCUT2D eigenvalue weighted by Crippen LogP contribution is 2.33. The number of ether oxygens (including phenoxy) is 2. The number of unbranched alkanes of at least 4 members (excludes halogenated alkanes) is 1. The molecule has 0 fully saturated rings. The highest BCUT2D eigenvalue weighted by Gasteiger charge is 2.23. The minimum absolute atomic E-state index is 0.0189. The van der Waals surface area contributed by atoms with Gasteiger partial charge in [0.1, 0.15) is 22.5 Å². The number of carboxylic acid groups (broad SMARTS) is 2. The van der Waals surface area contributed by atoms with Crippen molar-refractivity contribution in [2.24, 2.45) is 0 Å². The second kappa shape index (κ2) is 14.9. The van der Waals surface area contributed by atoms with Crippen LogP contribution >= 0.6 is 11.8 Å². The summed E-state index contributed by atoms with van der Waals surface area (Å²) in [6, 6.07) is 9.63. The van der Waals surface area contributed by atoms with Gasteiger partial charge in [-0.3, -0.25) is 19.2 Å². The predicted octanol–water partition coefficient (Wildman–Crippen LogP) is 4.63. The topological polar surface area (TPSA) is 147 Å². The standard InChI is InChI=1S/C27H32O9S/c1-3-6-21-23(12-11-20(17(2)28)26(21)32)36-14-5-4-13-35-19-9-7-18(8-10-19)22(29)15-24(27(33)34)37-16-25(30)31/h7-12,24,32H,3-6,13-16H2,1-2H3,(H,30,31)(H,33,34)/t24-/m1/s1. The molecule has 0 aliphatic rings. The first-order valence-electron chi connectivity index (χ1n) is 11.9. The van der Waals surface area contributed by atoms with Crippen LogP contribution in [0, 0.1) is 0 Å². The third-order valence-corrected chi connectivity index (χ3v) is 6.60. The maximum Gasteiger partial charge on any atom is 0.317 e. The van der Waals surface area contributed by atoms with Crippen molar-refractivity contribution in [1.82, 2.24) is 0 Å². The summed E-state index contributed by atoms with van der Waals surface area (Å²) in [5.74, 6) is -2.24. The van der Waals surface area contributed by atoms with Gasteiger partial charge in [0, 0.05) is 17.5 Å².